The highest BCUT2D eigenvalue weighted by molar-refractivity contribution is 7.58. The van der Waals surface area contributed by atoms with Crippen LogP contribution in [0.15, 0.2) is 29.2 Å². The van der Waals surface area contributed by atoms with Gasteiger partial charge < -0.3 is 4.84 Å². The summed E-state index contributed by atoms with van der Waals surface area (Å²) in [5.41, 5.74) is 1.08. The van der Waals surface area contributed by atoms with Crippen LogP contribution in [-0.2, 0) is 0 Å². The van der Waals surface area contributed by atoms with Gasteiger partial charge in [-0.2, -0.15) is 0 Å². The van der Waals surface area contributed by atoms with Crippen LogP contribution in [0.2, 0.25) is 0 Å². The maximum Gasteiger partial charge on any atom is 0.210 e. The Balaban J connectivity index is 3.19. The third-order valence-electron chi connectivity index (χ3n) is 2.95. The van der Waals surface area contributed by atoms with E-state index in [0.717, 1.165) is 11.3 Å². The predicted molar refractivity (Wildman–Crippen MR) is 82.2 cm³/mol. The Labute approximate surface area is 116 Å². The summed E-state index contributed by atoms with van der Waals surface area (Å²) in [6, 6.07) is 7.91. The lowest BCUT2D eigenvalue weighted by Crippen LogP contribution is -2.31. The van der Waals surface area contributed by atoms with Crippen molar-refractivity contribution in [2.75, 3.05) is 42.3 Å². The van der Waals surface area contributed by atoms with Gasteiger partial charge in [0.15, 0.2) is 5.75 Å². The van der Waals surface area contributed by atoms with Crippen molar-refractivity contribution in [3.8, 4) is 5.75 Å². The van der Waals surface area contributed by atoms with Gasteiger partial charge in [0.2, 0.25) is 7.51 Å². The monoisotopic (exact) mass is 284 g/mol. The molecule has 1 aromatic carbocycles. The average molecular weight is 284 g/mol. The maximum atomic E-state index is 5.74. The van der Waals surface area contributed by atoms with E-state index in [1.54, 1.807) is 0 Å². The first-order valence-electron chi connectivity index (χ1n) is 6.20. The smallest absolute Gasteiger partial charge is 0.210 e. The van der Waals surface area contributed by atoms with E-state index >= 15 is 0 Å². The molecule has 19 heavy (non-hydrogen) atoms. The van der Waals surface area contributed by atoms with E-state index in [0.29, 0.717) is 0 Å². The van der Waals surface area contributed by atoms with E-state index < -0.39 is 7.51 Å². The van der Waals surface area contributed by atoms with E-state index in [2.05, 4.69) is 18.9 Å². The molecule has 0 aliphatic carbocycles. The second-order valence-electron chi connectivity index (χ2n) is 5.02. The molecule has 0 spiro atoms. The quantitative estimate of drug-likeness (QED) is 0.614. The summed E-state index contributed by atoms with van der Waals surface area (Å²) in [7, 11) is 10.2. The van der Waals surface area contributed by atoms with Gasteiger partial charge in [-0.25, -0.2) is 14.0 Å². The molecule has 0 saturated carbocycles. The van der Waals surface area contributed by atoms with Crippen LogP contribution in [0.1, 0.15) is 5.56 Å². The largest absolute Gasteiger partial charge is 0.354 e. The summed E-state index contributed by atoms with van der Waals surface area (Å²) in [6.07, 6.45) is 0. The van der Waals surface area contributed by atoms with Crippen LogP contribution in [0.4, 0.5) is 0 Å². The molecule has 0 bridgehead atoms. The van der Waals surface area contributed by atoms with Gasteiger partial charge in [-0.1, -0.05) is 23.1 Å². The van der Waals surface area contributed by atoms with Crippen molar-refractivity contribution in [1.82, 2.24) is 14.0 Å². The Kier molecular flexibility index (Phi) is 5.56. The molecule has 0 aliphatic rings. The highest BCUT2D eigenvalue weighted by atomic mass is 31.2. The highest BCUT2D eigenvalue weighted by Gasteiger charge is 2.29. The Hall–Kier alpha value is -0.870. The molecule has 1 rings (SSSR count). The minimum atomic E-state index is -1.99. The summed E-state index contributed by atoms with van der Waals surface area (Å²) in [4.78, 5) is 10.3. The number of nitrogens with zero attached hydrogens (tertiary/aromatic N) is 4. The van der Waals surface area contributed by atoms with Crippen molar-refractivity contribution >= 4 is 7.51 Å². The molecule has 0 fully saturated rings. The Morgan fingerprint density at radius 1 is 0.895 bits per heavy atom. The first-order chi connectivity index (χ1) is 8.82. The highest BCUT2D eigenvalue weighted by Crippen LogP contribution is 2.54. The molecule has 0 aliphatic heterocycles. The van der Waals surface area contributed by atoms with Crippen LogP contribution in [0.25, 0.3) is 0 Å². The molecule has 1 aromatic rings. The normalized spacial score (nSPS) is 12.3. The van der Waals surface area contributed by atoms with Crippen molar-refractivity contribution in [3.63, 3.8) is 0 Å². The van der Waals surface area contributed by atoms with Crippen LogP contribution < -0.4 is 4.84 Å². The van der Waals surface area contributed by atoms with Gasteiger partial charge in [0.25, 0.3) is 0 Å². The van der Waals surface area contributed by atoms with E-state index in [9.17, 15) is 0 Å². The van der Waals surface area contributed by atoms with Gasteiger partial charge >= 0.3 is 0 Å². The van der Waals surface area contributed by atoms with E-state index in [4.69, 9.17) is 4.84 Å². The van der Waals surface area contributed by atoms with E-state index in [-0.39, 0.29) is 0 Å². The minimum absolute atomic E-state index is 0.803. The molecule has 0 saturated heterocycles. The van der Waals surface area contributed by atoms with Gasteiger partial charge in [-0.3, -0.25) is 0 Å². The number of hydrogen-bond donors (Lipinski definition) is 0. The summed E-state index contributed by atoms with van der Waals surface area (Å²) in [6.45, 7) is 2.02. The molecule has 108 valence electrons. The number of hydrogen-bond acceptors (Lipinski definition) is 2. The van der Waals surface area contributed by atoms with Crippen molar-refractivity contribution in [2.24, 2.45) is 4.91 Å². The Morgan fingerprint density at radius 2 is 1.37 bits per heavy atom. The number of para-hydroxylation sites is 1. The van der Waals surface area contributed by atoms with Crippen LogP contribution in [0.3, 0.4) is 0 Å². The van der Waals surface area contributed by atoms with Crippen LogP contribution in [0.5, 0.6) is 5.75 Å². The second kappa shape index (κ2) is 6.53. The first-order valence-corrected chi connectivity index (χ1v) is 7.80. The van der Waals surface area contributed by atoms with Crippen molar-refractivity contribution in [2.45, 2.75) is 6.92 Å². The third kappa shape index (κ3) is 3.37. The van der Waals surface area contributed by atoms with Crippen molar-refractivity contribution < 1.29 is 4.84 Å². The first kappa shape index (κ1) is 16.2. The fraction of sp³-hybridized carbons (Fsp3) is 0.538. The zero-order valence-corrected chi connectivity index (χ0v) is 13.8. The SMILES string of the molecule is Cc1ccccc1ON=P(N(C)C)(N(C)C)N(C)C. The molecule has 0 unspecified atom stereocenters. The molecule has 0 aromatic heterocycles. The summed E-state index contributed by atoms with van der Waals surface area (Å²) < 4.78 is 6.35. The average Bonchev–Trinajstić information content (AvgIpc) is 2.30. The summed E-state index contributed by atoms with van der Waals surface area (Å²) >= 11 is 0. The Morgan fingerprint density at radius 3 is 1.79 bits per heavy atom. The molecule has 0 amide bonds. The van der Waals surface area contributed by atoms with Crippen LogP contribution in [0, 0.1) is 6.92 Å². The van der Waals surface area contributed by atoms with Crippen LogP contribution in [-0.4, -0.2) is 56.3 Å². The van der Waals surface area contributed by atoms with Crippen molar-refractivity contribution in [1.29, 1.82) is 0 Å². The fourth-order valence-corrected chi connectivity index (χ4v) is 4.83. The Bertz CT molecular complexity index is 443. The molecule has 0 radical (unpaired) electrons. The lowest BCUT2D eigenvalue weighted by molar-refractivity contribution is 0.322. The molecule has 5 nitrogen and oxygen atoms in total. The van der Waals surface area contributed by atoms with E-state index in [1.165, 1.54) is 0 Å². The van der Waals surface area contributed by atoms with Crippen LogP contribution >= 0.6 is 7.51 Å². The second-order valence-corrected chi connectivity index (χ2v) is 8.65. The maximum absolute atomic E-state index is 5.74. The lowest BCUT2D eigenvalue weighted by atomic mass is 10.2. The number of rotatable bonds is 5. The van der Waals surface area contributed by atoms with Gasteiger partial charge in [-0.15, -0.1) is 0 Å². The summed E-state index contributed by atoms with van der Waals surface area (Å²) in [5, 5.41) is 0. The molecule has 0 atom stereocenters. The van der Waals surface area contributed by atoms with Gasteiger partial charge in [-0.05, 0) is 60.8 Å². The topological polar surface area (TPSA) is 31.3 Å². The molecule has 0 N–H and O–H groups in total. The predicted octanol–water partition coefficient (Wildman–Crippen LogP) is 2.92. The fourth-order valence-electron chi connectivity index (χ4n) is 2.05. The number of benzene rings is 1. The minimum Gasteiger partial charge on any atom is -0.354 e. The van der Waals surface area contributed by atoms with Crippen molar-refractivity contribution in [3.05, 3.63) is 29.8 Å². The van der Waals surface area contributed by atoms with Gasteiger partial charge in [0.05, 0.1) is 0 Å². The lowest BCUT2D eigenvalue weighted by Gasteiger charge is -2.39. The standard InChI is InChI=1S/C13H25N4OP/c1-12-10-8-9-11-13(12)18-14-19(15(2)3,16(4)5)17(6)7/h8-11H,1-7H3. The molecule has 0 heterocycles. The molecular weight excluding hydrogens is 259 g/mol. The van der Waals surface area contributed by atoms with E-state index in [1.807, 2.05) is 73.5 Å². The number of aryl methyl sites for hydroxylation is 1. The van der Waals surface area contributed by atoms with Gasteiger partial charge in [0, 0.05) is 0 Å². The zero-order chi connectivity index (χ0) is 14.6. The molecule has 6 heteroatoms. The third-order valence-corrected chi connectivity index (χ3v) is 6.47. The summed E-state index contributed by atoms with van der Waals surface area (Å²) in [5.74, 6) is 0.803. The van der Waals surface area contributed by atoms with Gasteiger partial charge in [0.1, 0.15) is 0 Å². The zero-order valence-electron chi connectivity index (χ0n) is 13.0. The molecular formula is C13H25N4OP.